The molecular formula is C25H23N3O5S. The zero-order valence-electron chi connectivity index (χ0n) is 18.6. The summed E-state index contributed by atoms with van der Waals surface area (Å²) in [4.78, 5) is 12.7. The number of carbonyl (C=O) groups is 1. The molecule has 9 heteroatoms. The summed E-state index contributed by atoms with van der Waals surface area (Å²) < 4.78 is 38.4. The molecule has 1 amide bonds. The van der Waals surface area contributed by atoms with Crippen molar-refractivity contribution in [2.75, 3.05) is 10.0 Å². The van der Waals surface area contributed by atoms with Crippen molar-refractivity contribution in [3.05, 3.63) is 101 Å². The number of nitrogens with zero attached hydrogens (tertiary/aromatic N) is 1. The Morgan fingerprint density at radius 1 is 0.971 bits per heavy atom. The lowest BCUT2D eigenvalue weighted by Gasteiger charge is -2.10. The Kier molecular flexibility index (Phi) is 6.65. The van der Waals surface area contributed by atoms with E-state index in [-0.39, 0.29) is 16.7 Å². The summed E-state index contributed by atoms with van der Waals surface area (Å²) in [5.41, 5.74) is 3.11. The van der Waals surface area contributed by atoms with Crippen molar-refractivity contribution >= 4 is 27.5 Å². The first-order valence-electron chi connectivity index (χ1n) is 10.5. The molecular weight excluding hydrogens is 454 g/mol. The zero-order valence-corrected chi connectivity index (χ0v) is 19.4. The van der Waals surface area contributed by atoms with E-state index in [2.05, 4.69) is 15.2 Å². The van der Waals surface area contributed by atoms with Crippen LogP contribution in [0.4, 0.5) is 11.6 Å². The first-order chi connectivity index (χ1) is 16.3. The minimum Gasteiger partial charge on any atom is -0.489 e. The number of anilines is 2. The maximum atomic E-state index is 12.7. The van der Waals surface area contributed by atoms with Crippen LogP contribution in [0.15, 0.2) is 88.3 Å². The van der Waals surface area contributed by atoms with E-state index in [1.165, 1.54) is 24.3 Å². The summed E-state index contributed by atoms with van der Waals surface area (Å²) in [6.45, 7) is 3.83. The number of ether oxygens (including phenoxy) is 1. The Morgan fingerprint density at radius 3 is 2.38 bits per heavy atom. The predicted octanol–water partition coefficient (Wildman–Crippen LogP) is 4.92. The van der Waals surface area contributed by atoms with E-state index in [0.717, 1.165) is 5.56 Å². The van der Waals surface area contributed by atoms with E-state index in [9.17, 15) is 13.2 Å². The third-order valence-corrected chi connectivity index (χ3v) is 6.50. The standard InChI is InChI=1S/C25H23N3O5S/c1-17-18(2)27-33-25(17)28-34(30,31)23-13-11-21(12-14-23)26-24(29)20-9-6-10-22(15-20)32-16-19-7-4-3-5-8-19/h3-15,28H,16H2,1-2H3,(H,26,29). The maximum absolute atomic E-state index is 12.7. The molecule has 4 aromatic rings. The fourth-order valence-corrected chi connectivity index (χ4v) is 4.13. The maximum Gasteiger partial charge on any atom is 0.264 e. The number of amides is 1. The van der Waals surface area contributed by atoms with Crippen molar-refractivity contribution < 1.29 is 22.5 Å². The highest BCUT2D eigenvalue weighted by molar-refractivity contribution is 7.92. The number of carbonyl (C=O) groups excluding carboxylic acids is 1. The third kappa shape index (κ3) is 5.44. The molecule has 8 nitrogen and oxygen atoms in total. The van der Waals surface area contributed by atoms with Gasteiger partial charge in [-0.05, 0) is 61.9 Å². The Hall–Kier alpha value is -4.11. The van der Waals surface area contributed by atoms with Crippen LogP contribution in [-0.4, -0.2) is 19.5 Å². The van der Waals surface area contributed by atoms with Crippen LogP contribution in [0.2, 0.25) is 0 Å². The summed E-state index contributed by atoms with van der Waals surface area (Å²) in [5, 5.41) is 6.51. The number of aryl methyl sites for hydroxylation is 1. The van der Waals surface area contributed by atoms with Crippen LogP contribution in [0, 0.1) is 13.8 Å². The molecule has 0 bridgehead atoms. The SMILES string of the molecule is Cc1noc(NS(=O)(=O)c2ccc(NC(=O)c3cccc(OCc4ccccc4)c3)cc2)c1C. The monoisotopic (exact) mass is 477 g/mol. The van der Waals surface area contributed by atoms with Gasteiger partial charge in [0, 0.05) is 16.8 Å². The molecule has 2 N–H and O–H groups in total. The second-order valence-corrected chi connectivity index (χ2v) is 9.29. The number of aromatic nitrogens is 1. The van der Waals surface area contributed by atoms with Gasteiger partial charge in [-0.15, -0.1) is 0 Å². The van der Waals surface area contributed by atoms with Crippen LogP contribution in [0.1, 0.15) is 27.2 Å². The number of benzene rings is 3. The molecule has 174 valence electrons. The van der Waals surface area contributed by atoms with Crippen molar-refractivity contribution in [3.8, 4) is 5.75 Å². The Balaban J connectivity index is 1.40. The van der Waals surface area contributed by atoms with Crippen molar-refractivity contribution in [2.24, 2.45) is 0 Å². The first-order valence-corrected chi connectivity index (χ1v) is 11.9. The van der Waals surface area contributed by atoms with Crippen molar-refractivity contribution in [1.29, 1.82) is 0 Å². The van der Waals surface area contributed by atoms with Gasteiger partial charge in [-0.2, -0.15) is 0 Å². The highest BCUT2D eigenvalue weighted by Crippen LogP contribution is 2.23. The normalized spacial score (nSPS) is 11.1. The van der Waals surface area contributed by atoms with Crippen LogP contribution >= 0.6 is 0 Å². The van der Waals surface area contributed by atoms with E-state index in [1.54, 1.807) is 38.1 Å². The summed E-state index contributed by atoms with van der Waals surface area (Å²) >= 11 is 0. The van der Waals surface area contributed by atoms with Gasteiger partial charge in [0.05, 0.1) is 10.6 Å². The minimum absolute atomic E-state index is 0.0234. The quantitative estimate of drug-likeness (QED) is 0.373. The van der Waals surface area contributed by atoms with Crippen LogP contribution < -0.4 is 14.8 Å². The molecule has 3 aromatic carbocycles. The van der Waals surface area contributed by atoms with Gasteiger partial charge < -0.3 is 14.6 Å². The fourth-order valence-electron chi connectivity index (χ4n) is 3.08. The first kappa shape index (κ1) is 23.1. The van der Waals surface area contributed by atoms with E-state index < -0.39 is 10.0 Å². The van der Waals surface area contributed by atoms with Crippen LogP contribution in [-0.2, 0) is 16.6 Å². The van der Waals surface area contributed by atoms with E-state index in [0.29, 0.717) is 34.9 Å². The Morgan fingerprint density at radius 2 is 1.71 bits per heavy atom. The average molecular weight is 478 g/mol. The van der Waals surface area contributed by atoms with Gasteiger partial charge in [-0.25, -0.2) is 13.1 Å². The van der Waals surface area contributed by atoms with E-state index >= 15 is 0 Å². The van der Waals surface area contributed by atoms with Gasteiger partial charge in [0.25, 0.3) is 15.9 Å². The van der Waals surface area contributed by atoms with Crippen LogP contribution in [0.5, 0.6) is 5.75 Å². The summed E-state index contributed by atoms with van der Waals surface area (Å²) in [6, 6.07) is 22.4. The van der Waals surface area contributed by atoms with Crippen molar-refractivity contribution in [1.82, 2.24) is 5.16 Å². The zero-order chi connectivity index (χ0) is 24.1. The largest absolute Gasteiger partial charge is 0.489 e. The highest BCUT2D eigenvalue weighted by Gasteiger charge is 2.19. The lowest BCUT2D eigenvalue weighted by atomic mass is 10.2. The summed E-state index contributed by atoms with van der Waals surface area (Å²) in [6.07, 6.45) is 0. The topological polar surface area (TPSA) is 111 Å². The summed E-state index contributed by atoms with van der Waals surface area (Å²) in [5.74, 6) is 0.304. The van der Waals surface area contributed by atoms with E-state index in [4.69, 9.17) is 9.26 Å². The van der Waals surface area contributed by atoms with Crippen molar-refractivity contribution in [2.45, 2.75) is 25.3 Å². The fraction of sp³-hybridized carbons (Fsp3) is 0.120. The second-order valence-electron chi connectivity index (χ2n) is 7.61. The molecule has 0 saturated heterocycles. The molecule has 0 spiro atoms. The lowest BCUT2D eigenvalue weighted by molar-refractivity contribution is 0.102. The van der Waals surface area contributed by atoms with Crippen LogP contribution in [0.3, 0.4) is 0 Å². The van der Waals surface area contributed by atoms with Crippen molar-refractivity contribution in [3.63, 3.8) is 0 Å². The second kappa shape index (κ2) is 9.80. The van der Waals surface area contributed by atoms with Crippen LogP contribution in [0.25, 0.3) is 0 Å². The number of rotatable bonds is 8. The van der Waals surface area contributed by atoms with Gasteiger partial charge in [0.2, 0.25) is 5.88 Å². The molecule has 0 aliphatic carbocycles. The molecule has 4 rings (SSSR count). The van der Waals surface area contributed by atoms with Gasteiger partial charge >= 0.3 is 0 Å². The molecule has 0 saturated carbocycles. The number of nitrogens with one attached hydrogen (secondary N) is 2. The van der Waals surface area contributed by atoms with Gasteiger partial charge in [-0.1, -0.05) is 41.6 Å². The molecule has 0 atom stereocenters. The highest BCUT2D eigenvalue weighted by atomic mass is 32.2. The Labute approximate surface area is 197 Å². The minimum atomic E-state index is -3.87. The number of sulfonamides is 1. The number of hydrogen-bond acceptors (Lipinski definition) is 6. The molecule has 0 fully saturated rings. The van der Waals surface area contributed by atoms with Gasteiger partial charge in [-0.3, -0.25) is 4.79 Å². The Bertz CT molecular complexity index is 1400. The smallest absolute Gasteiger partial charge is 0.264 e. The molecule has 0 aliphatic heterocycles. The molecule has 34 heavy (non-hydrogen) atoms. The number of hydrogen-bond donors (Lipinski definition) is 2. The molecule has 0 radical (unpaired) electrons. The average Bonchev–Trinajstić information content (AvgIpc) is 3.15. The predicted molar refractivity (Wildman–Crippen MR) is 128 cm³/mol. The van der Waals surface area contributed by atoms with Gasteiger partial charge in [0.15, 0.2) is 0 Å². The lowest BCUT2D eigenvalue weighted by Crippen LogP contribution is -2.14. The molecule has 1 aromatic heterocycles. The molecule has 0 aliphatic rings. The summed E-state index contributed by atoms with van der Waals surface area (Å²) in [7, 11) is -3.87. The van der Waals surface area contributed by atoms with Gasteiger partial charge in [0.1, 0.15) is 12.4 Å². The van der Waals surface area contributed by atoms with E-state index in [1.807, 2.05) is 30.3 Å². The third-order valence-electron chi connectivity index (χ3n) is 5.15. The molecule has 0 unspecified atom stereocenters. The molecule has 1 heterocycles.